The molecule has 3 heteroatoms. The van der Waals surface area contributed by atoms with Crippen LogP contribution < -0.4 is 4.90 Å². The normalized spacial score (nSPS) is 24.5. The molecule has 0 bridgehead atoms. The molecule has 1 aliphatic heterocycles. The molecule has 1 saturated heterocycles. The highest BCUT2D eigenvalue weighted by molar-refractivity contribution is 5.49. The van der Waals surface area contributed by atoms with Crippen molar-refractivity contribution in [3.05, 3.63) is 30.1 Å². The lowest BCUT2D eigenvalue weighted by molar-refractivity contribution is 0.107. The van der Waals surface area contributed by atoms with Crippen LogP contribution in [0.25, 0.3) is 0 Å². The number of anilines is 1. The number of aliphatic hydroxyl groups is 1. The minimum absolute atomic E-state index is 0.120. The van der Waals surface area contributed by atoms with E-state index in [2.05, 4.69) is 18.7 Å². The fourth-order valence-corrected chi connectivity index (χ4v) is 2.49. The summed E-state index contributed by atoms with van der Waals surface area (Å²) in [5, 5.41) is 9.66. The van der Waals surface area contributed by atoms with Crippen LogP contribution >= 0.6 is 0 Å². The molecule has 88 valence electrons. The van der Waals surface area contributed by atoms with Crippen LogP contribution in [0.2, 0.25) is 0 Å². The van der Waals surface area contributed by atoms with Crippen LogP contribution in [0.15, 0.2) is 24.3 Å². The minimum atomic E-state index is -0.236. The minimum Gasteiger partial charge on any atom is -0.393 e. The third kappa shape index (κ3) is 2.19. The second kappa shape index (κ2) is 4.06. The third-order valence-corrected chi connectivity index (χ3v) is 3.27. The highest BCUT2D eigenvalue weighted by Gasteiger charge is 2.34. The molecule has 0 spiro atoms. The van der Waals surface area contributed by atoms with Gasteiger partial charge in [-0.2, -0.15) is 0 Å². The molecule has 1 aromatic rings. The average molecular weight is 223 g/mol. The molecule has 1 N–H and O–H groups in total. The Morgan fingerprint density at radius 2 is 2.19 bits per heavy atom. The summed E-state index contributed by atoms with van der Waals surface area (Å²) in [7, 11) is 0. The van der Waals surface area contributed by atoms with Crippen molar-refractivity contribution in [2.24, 2.45) is 0 Å². The molecule has 16 heavy (non-hydrogen) atoms. The molecule has 0 aromatic heterocycles. The van der Waals surface area contributed by atoms with E-state index in [4.69, 9.17) is 0 Å². The van der Waals surface area contributed by atoms with Crippen LogP contribution in [0.3, 0.4) is 0 Å². The maximum atomic E-state index is 13.2. The Bertz CT molecular complexity index is 378. The molecule has 1 aliphatic rings. The van der Waals surface area contributed by atoms with Crippen LogP contribution in [0.5, 0.6) is 0 Å². The van der Waals surface area contributed by atoms with Gasteiger partial charge in [0.1, 0.15) is 5.82 Å². The van der Waals surface area contributed by atoms with Crippen molar-refractivity contribution in [2.75, 3.05) is 11.4 Å². The van der Waals surface area contributed by atoms with Gasteiger partial charge in [-0.1, -0.05) is 6.07 Å². The first-order valence-corrected chi connectivity index (χ1v) is 5.70. The van der Waals surface area contributed by atoms with Gasteiger partial charge in [0.2, 0.25) is 0 Å². The predicted molar refractivity (Wildman–Crippen MR) is 63.1 cm³/mol. The fourth-order valence-electron chi connectivity index (χ4n) is 2.49. The van der Waals surface area contributed by atoms with Crippen LogP contribution in [0, 0.1) is 5.82 Å². The average Bonchev–Trinajstić information content (AvgIpc) is 2.15. The van der Waals surface area contributed by atoms with Gasteiger partial charge in [0.05, 0.1) is 6.10 Å². The first kappa shape index (κ1) is 11.4. The van der Waals surface area contributed by atoms with Crippen LogP contribution in [0.4, 0.5) is 10.1 Å². The van der Waals surface area contributed by atoms with Gasteiger partial charge in [0, 0.05) is 17.8 Å². The summed E-state index contributed by atoms with van der Waals surface area (Å²) in [6.45, 7) is 4.94. The number of rotatable bonds is 1. The Morgan fingerprint density at radius 1 is 1.44 bits per heavy atom. The lowest BCUT2D eigenvalue weighted by Gasteiger charge is -2.46. The molecular formula is C13H18FNO. The monoisotopic (exact) mass is 223 g/mol. The third-order valence-electron chi connectivity index (χ3n) is 3.27. The molecule has 1 atom stereocenters. The van der Waals surface area contributed by atoms with Crippen molar-refractivity contribution in [3.63, 3.8) is 0 Å². The van der Waals surface area contributed by atoms with Crippen LogP contribution in [0.1, 0.15) is 26.7 Å². The first-order valence-electron chi connectivity index (χ1n) is 5.70. The topological polar surface area (TPSA) is 23.5 Å². The van der Waals surface area contributed by atoms with E-state index < -0.39 is 0 Å². The first-order chi connectivity index (χ1) is 7.49. The number of nitrogens with zero attached hydrogens (tertiary/aromatic N) is 1. The summed E-state index contributed by atoms with van der Waals surface area (Å²) in [5.74, 6) is -0.209. The van der Waals surface area contributed by atoms with E-state index in [0.717, 1.165) is 25.1 Å². The maximum Gasteiger partial charge on any atom is 0.125 e. The molecule has 0 aliphatic carbocycles. The van der Waals surface area contributed by atoms with Crippen LogP contribution in [-0.2, 0) is 0 Å². The second-order valence-electron chi connectivity index (χ2n) is 5.09. The molecular weight excluding hydrogens is 205 g/mol. The molecule has 1 fully saturated rings. The summed E-state index contributed by atoms with van der Waals surface area (Å²) < 4.78 is 13.2. The van der Waals surface area contributed by atoms with Crippen molar-refractivity contribution >= 4 is 5.69 Å². The molecule has 0 saturated carbocycles. The van der Waals surface area contributed by atoms with Gasteiger partial charge in [-0.25, -0.2) is 4.39 Å². The largest absolute Gasteiger partial charge is 0.393 e. The number of halogens is 1. The molecule has 0 radical (unpaired) electrons. The van der Waals surface area contributed by atoms with Gasteiger partial charge in [-0.05, 0) is 44.9 Å². The summed E-state index contributed by atoms with van der Waals surface area (Å²) in [5.41, 5.74) is 0.780. The maximum absolute atomic E-state index is 13.2. The zero-order chi connectivity index (χ0) is 11.8. The fraction of sp³-hybridized carbons (Fsp3) is 0.538. The molecule has 1 heterocycles. The van der Waals surface area contributed by atoms with Crippen molar-refractivity contribution in [1.29, 1.82) is 0 Å². The molecule has 1 unspecified atom stereocenters. The van der Waals surface area contributed by atoms with E-state index in [0.29, 0.717) is 0 Å². The highest BCUT2D eigenvalue weighted by atomic mass is 19.1. The predicted octanol–water partition coefficient (Wildman–Crippen LogP) is 2.57. The van der Waals surface area contributed by atoms with Gasteiger partial charge in [-0.15, -0.1) is 0 Å². The smallest absolute Gasteiger partial charge is 0.125 e. The number of benzene rings is 1. The molecule has 2 nitrogen and oxygen atoms in total. The number of aliphatic hydroxyl groups excluding tert-OH is 1. The van der Waals surface area contributed by atoms with E-state index in [-0.39, 0.29) is 17.5 Å². The van der Waals surface area contributed by atoms with Crippen molar-refractivity contribution in [1.82, 2.24) is 0 Å². The SMILES string of the molecule is CC1(C)CC(O)CCN1c1cccc(F)c1. The van der Waals surface area contributed by atoms with Gasteiger partial charge in [-0.3, -0.25) is 0 Å². The van der Waals surface area contributed by atoms with E-state index >= 15 is 0 Å². The van der Waals surface area contributed by atoms with E-state index in [1.807, 2.05) is 6.07 Å². The lowest BCUT2D eigenvalue weighted by Crippen LogP contribution is -2.51. The zero-order valence-electron chi connectivity index (χ0n) is 9.78. The molecule has 0 amide bonds. The quantitative estimate of drug-likeness (QED) is 0.791. The van der Waals surface area contributed by atoms with E-state index in [1.54, 1.807) is 12.1 Å². The number of hydrogen-bond acceptors (Lipinski definition) is 2. The summed E-state index contributed by atoms with van der Waals surface area (Å²) in [6, 6.07) is 6.66. The molecule has 2 rings (SSSR count). The van der Waals surface area contributed by atoms with Crippen LogP contribution in [-0.4, -0.2) is 23.3 Å². The van der Waals surface area contributed by atoms with Gasteiger partial charge < -0.3 is 10.0 Å². The van der Waals surface area contributed by atoms with Crippen molar-refractivity contribution in [3.8, 4) is 0 Å². The van der Waals surface area contributed by atoms with Crippen molar-refractivity contribution in [2.45, 2.75) is 38.3 Å². The zero-order valence-corrected chi connectivity index (χ0v) is 9.78. The lowest BCUT2D eigenvalue weighted by atomic mass is 9.88. The Morgan fingerprint density at radius 3 is 2.81 bits per heavy atom. The van der Waals surface area contributed by atoms with E-state index in [1.165, 1.54) is 6.07 Å². The highest BCUT2D eigenvalue weighted by Crippen LogP contribution is 2.32. The van der Waals surface area contributed by atoms with Gasteiger partial charge in [0.15, 0.2) is 0 Å². The standard InChI is InChI=1S/C13H18FNO/c1-13(2)9-12(16)6-7-15(13)11-5-3-4-10(14)8-11/h3-5,8,12,16H,6-7,9H2,1-2H3. The summed E-state index contributed by atoms with van der Waals surface area (Å²) in [4.78, 5) is 2.17. The van der Waals surface area contributed by atoms with Gasteiger partial charge in [0.25, 0.3) is 0 Å². The Hall–Kier alpha value is -1.09. The Kier molecular flexibility index (Phi) is 2.89. The Balaban J connectivity index is 2.27. The summed E-state index contributed by atoms with van der Waals surface area (Å²) in [6.07, 6.45) is 1.24. The second-order valence-corrected chi connectivity index (χ2v) is 5.09. The number of hydrogen-bond donors (Lipinski definition) is 1. The molecule has 1 aromatic carbocycles. The van der Waals surface area contributed by atoms with Gasteiger partial charge >= 0.3 is 0 Å². The summed E-state index contributed by atoms with van der Waals surface area (Å²) >= 11 is 0. The number of piperidine rings is 1. The van der Waals surface area contributed by atoms with E-state index in [9.17, 15) is 9.50 Å². The van der Waals surface area contributed by atoms with Crippen molar-refractivity contribution < 1.29 is 9.50 Å². The Labute approximate surface area is 95.7 Å².